The highest BCUT2D eigenvalue weighted by Crippen LogP contribution is 2.20. The van der Waals surface area contributed by atoms with E-state index in [-0.39, 0.29) is 17.9 Å². The Kier molecular flexibility index (Phi) is 3.71. The second-order valence-corrected chi connectivity index (χ2v) is 5.10. The third kappa shape index (κ3) is 2.41. The maximum Gasteiger partial charge on any atom is 0.257 e. The lowest BCUT2D eigenvalue weighted by Crippen LogP contribution is -2.45. The van der Waals surface area contributed by atoms with E-state index in [2.05, 4.69) is 5.10 Å². The first kappa shape index (κ1) is 13.1. The molecule has 1 aromatic rings. The van der Waals surface area contributed by atoms with Gasteiger partial charge in [-0.1, -0.05) is 13.8 Å². The molecule has 0 saturated carbocycles. The number of aliphatic hydroxyl groups is 1. The molecule has 0 spiro atoms. The number of aryl methyl sites for hydroxylation is 2. The molecule has 2 rings (SSSR count). The van der Waals surface area contributed by atoms with Crippen LogP contribution in [-0.4, -0.2) is 44.9 Å². The molecule has 100 valence electrons. The van der Waals surface area contributed by atoms with Gasteiger partial charge >= 0.3 is 0 Å². The van der Waals surface area contributed by atoms with Crippen LogP contribution in [0.25, 0.3) is 0 Å². The summed E-state index contributed by atoms with van der Waals surface area (Å²) in [6, 6.07) is 0. The largest absolute Gasteiger partial charge is 0.393 e. The van der Waals surface area contributed by atoms with Crippen molar-refractivity contribution < 1.29 is 9.90 Å². The van der Waals surface area contributed by atoms with Crippen molar-refractivity contribution >= 4 is 5.91 Å². The molecular weight excluding hydrogens is 230 g/mol. The van der Waals surface area contributed by atoms with Crippen LogP contribution in [-0.2, 0) is 13.5 Å². The highest BCUT2D eigenvalue weighted by Gasteiger charge is 2.29. The molecule has 1 N–H and O–H groups in total. The van der Waals surface area contributed by atoms with Gasteiger partial charge in [0.05, 0.1) is 17.4 Å². The lowest BCUT2D eigenvalue weighted by Gasteiger charge is -2.34. The Morgan fingerprint density at radius 2 is 2.33 bits per heavy atom. The predicted octanol–water partition coefficient (Wildman–Crippen LogP) is 0.825. The summed E-state index contributed by atoms with van der Waals surface area (Å²) in [5, 5.41) is 14.0. The van der Waals surface area contributed by atoms with Crippen LogP contribution < -0.4 is 0 Å². The van der Waals surface area contributed by atoms with Crippen molar-refractivity contribution in [2.24, 2.45) is 13.0 Å². The molecule has 5 heteroatoms. The molecule has 2 unspecified atom stereocenters. The minimum absolute atomic E-state index is 0.0405. The number of carbonyl (C=O) groups excluding carboxylic acids is 1. The topological polar surface area (TPSA) is 58.4 Å². The molecule has 18 heavy (non-hydrogen) atoms. The first-order chi connectivity index (χ1) is 8.52. The van der Waals surface area contributed by atoms with Crippen LogP contribution in [0.1, 0.15) is 36.3 Å². The Morgan fingerprint density at radius 3 is 2.94 bits per heavy atom. The van der Waals surface area contributed by atoms with E-state index in [1.165, 1.54) is 0 Å². The minimum Gasteiger partial charge on any atom is -0.393 e. The normalized spacial score (nSPS) is 24.3. The number of hydrogen-bond acceptors (Lipinski definition) is 3. The molecule has 2 atom stereocenters. The molecule has 1 amide bonds. The van der Waals surface area contributed by atoms with E-state index in [1.807, 2.05) is 25.8 Å². The van der Waals surface area contributed by atoms with Crippen LogP contribution in [0.15, 0.2) is 6.20 Å². The standard InChI is InChI=1S/C13H21N3O2/c1-4-11-10(8-15(3)14-11)13(18)16-6-5-12(17)9(2)7-16/h8-9,12,17H,4-7H2,1-3H3. The minimum atomic E-state index is -0.284. The van der Waals surface area contributed by atoms with Crippen molar-refractivity contribution in [3.05, 3.63) is 17.5 Å². The smallest absolute Gasteiger partial charge is 0.257 e. The fourth-order valence-electron chi connectivity index (χ4n) is 2.46. The van der Waals surface area contributed by atoms with Gasteiger partial charge in [-0.15, -0.1) is 0 Å². The third-order valence-electron chi connectivity index (χ3n) is 3.62. The van der Waals surface area contributed by atoms with Gasteiger partial charge in [0, 0.05) is 26.3 Å². The maximum absolute atomic E-state index is 12.4. The van der Waals surface area contributed by atoms with Crippen molar-refractivity contribution in [2.45, 2.75) is 32.8 Å². The number of hydrogen-bond donors (Lipinski definition) is 1. The van der Waals surface area contributed by atoms with Crippen LogP contribution in [0.5, 0.6) is 0 Å². The van der Waals surface area contributed by atoms with Crippen LogP contribution >= 0.6 is 0 Å². The molecule has 1 aliphatic rings. The quantitative estimate of drug-likeness (QED) is 0.847. The molecule has 1 aromatic heterocycles. The summed E-state index contributed by atoms with van der Waals surface area (Å²) in [7, 11) is 1.83. The lowest BCUT2D eigenvalue weighted by atomic mass is 9.96. The zero-order chi connectivity index (χ0) is 13.3. The molecular formula is C13H21N3O2. The van der Waals surface area contributed by atoms with Crippen LogP contribution in [0.2, 0.25) is 0 Å². The predicted molar refractivity (Wildman–Crippen MR) is 68.3 cm³/mol. The van der Waals surface area contributed by atoms with Gasteiger partial charge in [-0.2, -0.15) is 5.10 Å². The van der Waals surface area contributed by atoms with Crippen LogP contribution in [0.4, 0.5) is 0 Å². The summed E-state index contributed by atoms with van der Waals surface area (Å²) in [6.45, 7) is 5.23. The zero-order valence-corrected chi connectivity index (χ0v) is 11.3. The third-order valence-corrected chi connectivity index (χ3v) is 3.62. The molecule has 1 saturated heterocycles. The van der Waals surface area contributed by atoms with E-state index in [1.54, 1.807) is 10.9 Å². The molecule has 1 fully saturated rings. The van der Waals surface area contributed by atoms with Crippen molar-refractivity contribution in [1.82, 2.24) is 14.7 Å². The van der Waals surface area contributed by atoms with E-state index in [4.69, 9.17) is 0 Å². The van der Waals surface area contributed by atoms with Crippen molar-refractivity contribution in [1.29, 1.82) is 0 Å². The monoisotopic (exact) mass is 251 g/mol. The number of rotatable bonds is 2. The average molecular weight is 251 g/mol. The summed E-state index contributed by atoms with van der Waals surface area (Å²) < 4.78 is 1.69. The van der Waals surface area contributed by atoms with Gasteiger partial charge in [-0.3, -0.25) is 9.48 Å². The number of aliphatic hydroxyl groups excluding tert-OH is 1. The maximum atomic E-state index is 12.4. The summed E-state index contributed by atoms with van der Waals surface area (Å²) in [5.41, 5.74) is 1.55. The van der Waals surface area contributed by atoms with Crippen molar-refractivity contribution in [3.63, 3.8) is 0 Å². The number of piperidine rings is 1. The molecule has 5 nitrogen and oxygen atoms in total. The van der Waals surface area contributed by atoms with Crippen LogP contribution in [0, 0.1) is 5.92 Å². The van der Waals surface area contributed by atoms with E-state index in [9.17, 15) is 9.90 Å². The van der Waals surface area contributed by atoms with Gasteiger partial charge in [0.1, 0.15) is 0 Å². The van der Waals surface area contributed by atoms with Gasteiger partial charge in [-0.05, 0) is 18.8 Å². The summed E-state index contributed by atoms with van der Waals surface area (Å²) in [5.74, 6) is 0.183. The zero-order valence-electron chi connectivity index (χ0n) is 11.3. The Labute approximate surface area is 107 Å². The van der Waals surface area contributed by atoms with Crippen LogP contribution in [0.3, 0.4) is 0 Å². The molecule has 0 aliphatic carbocycles. The average Bonchev–Trinajstić information content (AvgIpc) is 2.73. The SMILES string of the molecule is CCc1nn(C)cc1C(=O)N1CCC(O)C(C)C1. The van der Waals surface area contributed by atoms with Gasteiger partial charge in [0.2, 0.25) is 0 Å². The Bertz CT molecular complexity index is 441. The lowest BCUT2D eigenvalue weighted by molar-refractivity contribution is 0.0297. The molecule has 1 aliphatic heterocycles. The highest BCUT2D eigenvalue weighted by atomic mass is 16.3. The molecule has 0 bridgehead atoms. The Balaban J connectivity index is 2.16. The summed E-state index contributed by atoms with van der Waals surface area (Å²) in [4.78, 5) is 14.3. The molecule has 2 heterocycles. The molecule has 0 aromatic carbocycles. The van der Waals surface area contributed by atoms with E-state index >= 15 is 0 Å². The fraction of sp³-hybridized carbons (Fsp3) is 0.692. The van der Waals surface area contributed by atoms with E-state index < -0.39 is 0 Å². The number of nitrogens with zero attached hydrogens (tertiary/aromatic N) is 3. The fourth-order valence-corrected chi connectivity index (χ4v) is 2.46. The Morgan fingerprint density at radius 1 is 1.61 bits per heavy atom. The summed E-state index contributed by atoms with van der Waals surface area (Å²) >= 11 is 0. The highest BCUT2D eigenvalue weighted by molar-refractivity contribution is 5.95. The first-order valence-corrected chi connectivity index (χ1v) is 6.52. The van der Waals surface area contributed by atoms with Crippen molar-refractivity contribution in [2.75, 3.05) is 13.1 Å². The second kappa shape index (κ2) is 5.10. The summed E-state index contributed by atoms with van der Waals surface area (Å²) in [6.07, 6.45) is 2.92. The Hall–Kier alpha value is -1.36. The second-order valence-electron chi connectivity index (χ2n) is 5.10. The molecule has 0 radical (unpaired) electrons. The van der Waals surface area contributed by atoms with Gasteiger partial charge in [0.15, 0.2) is 0 Å². The van der Waals surface area contributed by atoms with Gasteiger partial charge in [-0.25, -0.2) is 0 Å². The number of carbonyl (C=O) groups is 1. The van der Waals surface area contributed by atoms with E-state index in [0.717, 1.165) is 12.1 Å². The number of aromatic nitrogens is 2. The van der Waals surface area contributed by atoms with Crippen molar-refractivity contribution in [3.8, 4) is 0 Å². The van der Waals surface area contributed by atoms with Gasteiger partial charge in [0.25, 0.3) is 5.91 Å². The van der Waals surface area contributed by atoms with Gasteiger partial charge < -0.3 is 10.0 Å². The van der Waals surface area contributed by atoms with E-state index in [0.29, 0.717) is 25.1 Å². The first-order valence-electron chi connectivity index (χ1n) is 6.52. The number of likely N-dealkylation sites (tertiary alicyclic amines) is 1. The number of amides is 1.